The predicted molar refractivity (Wildman–Crippen MR) is 85.2 cm³/mol. The number of nitrogens with one attached hydrogen (secondary N) is 2. The lowest BCUT2D eigenvalue weighted by atomic mass is 10.3. The zero-order valence-electron chi connectivity index (χ0n) is 12.6. The van der Waals surface area contributed by atoms with Crippen LogP contribution in [-0.2, 0) is 21.3 Å². The van der Waals surface area contributed by atoms with Crippen molar-refractivity contribution < 1.29 is 13.2 Å². The maximum Gasteiger partial charge on any atom is 0.250 e. The molecule has 0 unspecified atom stereocenters. The smallest absolute Gasteiger partial charge is 0.250 e. The van der Waals surface area contributed by atoms with E-state index in [9.17, 15) is 8.42 Å². The largest absolute Gasteiger partial charge is 0.381 e. The molecule has 0 bridgehead atoms. The van der Waals surface area contributed by atoms with Crippen molar-refractivity contribution in [3.05, 3.63) is 16.5 Å². The molecule has 1 aromatic rings. The lowest BCUT2D eigenvalue weighted by Gasteiger charge is -2.05. The molecule has 0 aromatic carbocycles. The van der Waals surface area contributed by atoms with Crippen molar-refractivity contribution in [3.8, 4) is 0 Å². The molecule has 1 aliphatic carbocycles. The molecule has 21 heavy (non-hydrogen) atoms. The van der Waals surface area contributed by atoms with Crippen molar-refractivity contribution in [3.63, 3.8) is 0 Å². The van der Waals surface area contributed by atoms with Crippen LogP contribution in [0.5, 0.6) is 0 Å². The molecule has 1 aliphatic rings. The van der Waals surface area contributed by atoms with E-state index in [1.807, 2.05) is 14.0 Å². The highest BCUT2D eigenvalue weighted by molar-refractivity contribution is 7.91. The summed E-state index contributed by atoms with van der Waals surface area (Å²) < 4.78 is 32.9. The van der Waals surface area contributed by atoms with E-state index in [2.05, 4.69) is 10.0 Å². The first kappa shape index (κ1) is 16.9. The highest BCUT2D eigenvalue weighted by atomic mass is 32.2. The Morgan fingerprint density at radius 1 is 1.43 bits per heavy atom. The standard InChI is InChI=1S/C14H24N2O3S2/c1-11-8-14(20-13(11)9-15-2)21(17,18)16-6-3-7-19-10-12-4-5-12/h8,12,15-16H,3-7,9-10H2,1-2H3. The zero-order valence-corrected chi connectivity index (χ0v) is 14.3. The molecule has 120 valence electrons. The van der Waals surface area contributed by atoms with Crippen molar-refractivity contribution in [2.45, 2.75) is 36.9 Å². The highest BCUT2D eigenvalue weighted by Gasteiger charge is 2.21. The van der Waals surface area contributed by atoms with Gasteiger partial charge in [-0.1, -0.05) is 0 Å². The molecule has 1 fully saturated rings. The zero-order chi connectivity index (χ0) is 15.3. The Balaban J connectivity index is 1.76. The van der Waals surface area contributed by atoms with Crippen LogP contribution in [0.1, 0.15) is 29.7 Å². The Morgan fingerprint density at radius 3 is 2.86 bits per heavy atom. The molecule has 0 spiro atoms. The SMILES string of the molecule is CNCc1sc(S(=O)(=O)NCCCOCC2CC2)cc1C. The van der Waals surface area contributed by atoms with Gasteiger partial charge >= 0.3 is 0 Å². The predicted octanol–water partition coefficient (Wildman–Crippen LogP) is 1.87. The van der Waals surface area contributed by atoms with Crippen LogP contribution >= 0.6 is 11.3 Å². The topological polar surface area (TPSA) is 67.4 Å². The number of rotatable bonds is 10. The molecular formula is C14H24N2O3S2. The molecule has 2 rings (SSSR count). The molecule has 0 saturated heterocycles. The van der Waals surface area contributed by atoms with Crippen LogP contribution in [0.25, 0.3) is 0 Å². The van der Waals surface area contributed by atoms with E-state index in [1.165, 1.54) is 24.2 Å². The fraction of sp³-hybridized carbons (Fsp3) is 0.714. The van der Waals surface area contributed by atoms with Gasteiger partial charge in [-0.2, -0.15) is 0 Å². The molecule has 1 aromatic heterocycles. The molecule has 0 atom stereocenters. The molecular weight excluding hydrogens is 308 g/mol. The summed E-state index contributed by atoms with van der Waals surface area (Å²) in [7, 11) is -1.53. The summed E-state index contributed by atoms with van der Waals surface area (Å²) in [6.07, 6.45) is 3.26. The number of hydrogen-bond acceptors (Lipinski definition) is 5. The Kier molecular flexibility index (Phi) is 6.19. The number of sulfonamides is 1. The fourth-order valence-corrected chi connectivity index (χ4v) is 4.66. The van der Waals surface area contributed by atoms with Crippen molar-refractivity contribution in [2.75, 3.05) is 26.8 Å². The summed E-state index contributed by atoms with van der Waals surface area (Å²) in [6.45, 7) is 4.50. The van der Waals surface area contributed by atoms with Crippen LogP contribution in [0, 0.1) is 12.8 Å². The lowest BCUT2D eigenvalue weighted by Crippen LogP contribution is -2.25. The van der Waals surface area contributed by atoms with Crippen molar-refractivity contribution in [1.82, 2.24) is 10.0 Å². The van der Waals surface area contributed by atoms with Gasteiger partial charge in [-0.3, -0.25) is 0 Å². The van der Waals surface area contributed by atoms with Crippen LogP contribution in [0.3, 0.4) is 0 Å². The van der Waals surface area contributed by atoms with Crippen molar-refractivity contribution in [1.29, 1.82) is 0 Å². The third-order valence-electron chi connectivity index (χ3n) is 3.41. The Morgan fingerprint density at radius 2 is 2.19 bits per heavy atom. The summed E-state index contributed by atoms with van der Waals surface area (Å²) in [6, 6.07) is 1.74. The third-order valence-corrected chi connectivity index (χ3v) is 6.58. The first-order valence-electron chi connectivity index (χ1n) is 7.34. The van der Waals surface area contributed by atoms with E-state index in [1.54, 1.807) is 6.07 Å². The van der Waals surface area contributed by atoms with E-state index in [0.717, 1.165) is 23.0 Å². The summed E-state index contributed by atoms with van der Waals surface area (Å²) in [5.41, 5.74) is 1.02. The number of hydrogen-bond donors (Lipinski definition) is 2. The molecule has 0 radical (unpaired) electrons. The van der Waals surface area contributed by atoms with Crippen molar-refractivity contribution >= 4 is 21.4 Å². The minimum absolute atomic E-state index is 0.393. The van der Waals surface area contributed by atoms with Gasteiger partial charge in [0.05, 0.1) is 0 Å². The monoisotopic (exact) mass is 332 g/mol. The summed E-state index contributed by atoms with van der Waals surface area (Å²) in [5, 5.41) is 3.05. The molecule has 0 aliphatic heterocycles. The minimum atomic E-state index is -3.39. The molecule has 1 heterocycles. The lowest BCUT2D eigenvalue weighted by molar-refractivity contribution is 0.123. The summed E-state index contributed by atoms with van der Waals surface area (Å²) >= 11 is 1.33. The van der Waals surface area contributed by atoms with Crippen LogP contribution in [-0.4, -0.2) is 35.2 Å². The van der Waals surface area contributed by atoms with Gasteiger partial charge in [-0.25, -0.2) is 13.1 Å². The first-order chi connectivity index (χ1) is 10.0. The van der Waals surface area contributed by atoms with E-state index >= 15 is 0 Å². The fourth-order valence-electron chi connectivity index (χ4n) is 1.94. The molecule has 2 N–H and O–H groups in total. The molecule has 0 amide bonds. The van der Waals surface area contributed by atoms with Gasteiger partial charge in [-0.15, -0.1) is 11.3 Å². The van der Waals surface area contributed by atoms with Gasteiger partial charge in [-0.05, 0) is 50.8 Å². The Hall–Kier alpha value is -0.470. The van der Waals surface area contributed by atoms with E-state index in [0.29, 0.717) is 30.3 Å². The highest BCUT2D eigenvalue weighted by Crippen LogP contribution is 2.28. The second kappa shape index (κ2) is 7.69. The molecule has 1 saturated carbocycles. The Bertz CT molecular complexity index is 551. The second-order valence-electron chi connectivity index (χ2n) is 5.47. The van der Waals surface area contributed by atoms with Gasteiger partial charge in [0.25, 0.3) is 0 Å². The van der Waals surface area contributed by atoms with E-state index < -0.39 is 10.0 Å². The molecule has 7 heteroatoms. The number of thiophene rings is 1. The normalized spacial score (nSPS) is 15.5. The minimum Gasteiger partial charge on any atom is -0.381 e. The van der Waals surface area contributed by atoms with Crippen LogP contribution in [0.4, 0.5) is 0 Å². The number of aryl methyl sites for hydroxylation is 1. The van der Waals surface area contributed by atoms with Crippen molar-refractivity contribution in [2.24, 2.45) is 5.92 Å². The third kappa shape index (κ3) is 5.34. The van der Waals surface area contributed by atoms with Gasteiger partial charge in [0.2, 0.25) is 10.0 Å². The first-order valence-corrected chi connectivity index (χ1v) is 9.64. The maximum absolute atomic E-state index is 12.2. The molecule has 5 nitrogen and oxygen atoms in total. The van der Waals surface area contributed by atoms with E-state index in [-0.39, 0.29) is 0 Å². The average Bonchev–Trinajstić information content (AvgIpc) is 3.18. The van der Waals surface area contributed by atoms with Gasteiger partial charge in [0.1, 0.15) is 4.21 Å². The summed E-state index contributed by atoms with van der Waals surface area (Å²) in [5.74, 6) is 0.751. The van der Waals surface area contributed by atoms with Gasteiger partial charge in [0.15, 0.2) is 0 Å². The Labute approximate surface area is 131 Å². The van der Waals surface area contributed by atoms with Crippen LogP contribution < -0.4 is 10.0 Å². The second-order valence-corrected chi connectivity index (χ2v) is 8.60. The number of ether oxygens (including phenoxy) is 1. The van der Waals surface area contributed by atoms with Gasteiger partial charge in [0, 0.05) is 31.2 Å². The maximum atomic E-state index is 12.2. The van der Waals surface area contributed by atoms with Gasteiger partial charge < -0.3 is 10.1 Å². The summed E-state index contributed by atoms with van der Waals surface area (Å²) in [4.78, 5) is 1.06. The quantitative estimate of drug-likeness (QED) is 0.642. The van der Waals surface area contributed by atoms with Crippen LogP contribution in [0.2, 0.25) is 0 Å². The van der Waals surface area contributed by atoms with E-state index in [4.69, 9.17) is 4.74 Å². The average molecular weight is 332 g/mol. The van der Waals surface area contributed by atoms with Crippen LogP contribution in [0.15, 0.2) is 10.3 Å².